The lowest BCUT2D eigenvalue weighted by atomic mass is 9.96. The number of sulfone groups is 1. The third kappa shape index (κ3) is 4.71. The van der Waals surface area contributed by atoms with Gasteiger partial charge in [-0.1, -0.05) is 44.0 Å². The van der Waals surface area contributed by atoms with E-state index in [9.17, 15) is 31.6 Å². The second kappa shape index (κ2) is 7.76. The second-order valence-corrected chi connectivity index (χ2v) is 10.1. The molecule has 2 rings (SSSR count). The van der Waals surface area contributed by atoms with E-state index >= 15 is 0 Å². The summed E-state index contributed by atoms with van der Waals surface area (Å²) >= 11 is 12.0. The molecule has 2 aromatic rings. The zero-order chi connectivity index (χ0) is 23.2. The first-order valence-electron chi connectivity index (χ1n) is 8.09. The molecule has 7 nitrogen and oxygen atoms in total. The number of rotatable bonds is 3. The summed E-state index contributed by atoms with van der Waals surface area (Å²) in [5, 5.41) is 14.5. The van der Waals surface area contributed by atoms with Crippen LogP contribution in [-0.4, -0.2) is 30.4 Å². The maximum atomic E-state index is 13.0. The number of hydrogen-bond donors (Lipinski definition) is 1. The van der Waals surface area contributed by atoms with Crippen molar-refractivity contribution < 1.29 is 26.4 Å². The molecule has 0 bridgehead atoms. The molecule has 0 aliphatic heterocycles. The number of nitriles is 1. The van der Waals surface area contributed by atoms with Gasteiger partial charge in [-0.2, -0.15) is 23.5 Å². The molecule has 1 heterocycles. The van der Waals surface area contributed by atoms with Crippen LogP contribution in [-0.2, 0) is 20.8 Å². The van der Waals surface area contributed by atoms with E-state index < -0.39 is 59.4 Å². The van der Waals surface area contributed by atoms with Gasteiger partial charge in [0, 0.05) is 11.7 Å². The fourth-order valence-corrected chi connectivity index (χ4v) is 3.90. The van der Waals surface area contributed by atoms with Gasteiger partial charge in [0.15, 0.2) is 21.3 Å². The number of aromatic nitrogens is 2. The molecule has 0 unspecified atom stereocenters. The van der Waals surface area contributed by atoms with Crippen LogP contribution in [0.5, 0.6) is 0 Å². The van der Waals surface area contributed by atoms with Gasteiger partial charge in [0.2, 0.25) is 5.91 Å². The SMILES string of the molecule is CC(C)(C)C(=O)Nc1c(S(C)(=O)=O)c(C#N)nn1-c1c(Cl)cc(C(F)(F)F)cc1Cl. The van der Waals surface area contributed by atoms with Crippen LogP contribution < -0.4 is 5.32 Å². The summed E-state index contributed by atoms with van der Waals surface area (Å²) in [5.74, 6) is -1.10. The van der Waals surface area contributed by atoms with Crippen molar-refractivity contribution in [3.63, 3.8) is 0 Å². The highest BCUT2D eigenvalue weighted by Gasteiger charge is 2.35. The number of nitrogens with one attached hydrogen (secondary N) is 1. The third-order valence-corrected chi connectivity index (χ3v) is 5.49. The number of carbonyl (C=O) groups excluding carboxylic acids is 1. The molecule has 0 radical (unpaired) electrons. The van der Waals surface area contributed by atoms with Gasteiger partial charge in [0.05, 0.1) is 15.6 Å². The zero-order valence-corrected chi connectivity index (χ0v) is 18.3. The molecule has 1 N–H and O–H groups in total. The Morgan fingerprint density at radius 2 is 1.70 bits per heavy atom. The number of alkyl halides is 3. The number of amides is 1. The van der Waals surface area contributed by atoms with E-state index in [1.54, 1.807) is 26.8 Å². The van der Waals surface area contributed by atoms with Gasteiger partial charge in [-0.15, -0.1) is 0 Å². The van der Waals surface area contributed by atoms with Crippen LogP contribution >= 0.6 is 23.2 Å². The Bertz CT molecular complexity index is 1150. The Morgan fingerprint density at radius 1 is 1.20 bits per heavy atom. The van der Waals surface area contributed by atoms with Crippen LogP contribution in [0, 0.1) is 16.7 Å². The Kier molecular flexibility index (Phi) is 6.20. The van der Waals surface area contributed by atoms with E-state index in [0.717, 1.165) is 10.9 Å². The molecule has 13 heteroatoms. The summed E-state index contributed by atoms with van der Waals surface area (Å²) < 4.78 is 64.4. The summed E-state index contributed by atoms with van der Waals surface area (Å²) in [6, 6.07) is 2.74. The molecule has 0 aliphatic rings. The summed E-state index contributed by atoms with van der Waals surface area (Å²) in [4.78, 5) is 11.9. The topological polar surface area (TPSA) is 105 Å². The molecule has 162 valence electrons. The number of hydrogen-bond acceptors (Lipinski definition) is 5. The highest BCUT2D eigenvalue weighted by atomic mass is 35.5. The van der Waals surface area contributed by atoms with E-state index in [2.05, 4.69) is 10.4 Å². The minimum atomic E-state index is -4.74. The van der Waals surface area contributed by atoms with Crippen LogP contribution in [0.25, 0.3) is 5.69 Å². The number of anilines is 1. The van der Waals surface area contributed by atoms with Crippen LogP contribution in [0.15, 0.2) is 17.0 Å². The number of nitrogens with zero attached hydrogens (tertiary/aromatic N) is 3. The Labute approximate surface area is 180 Å². The molecule has 0 aliphatic carbocycles. The summed E-state index contributed by atoms with van der Waals surface area (Å²) in [7, 11) is -4.10. The number of benzene rings is 1. The Morgan fingerprint density at radius 3 is 2.07 bits per heavy atom. The normalized spacial score (nSPS) is 12.5. The van der Waals surface area contributed by atoms with Gasteiger partial charge in [0.25, 0.3) is 0 Å². The summed E-state index contributed by atoms with van der Waals surface area (Å²) in [6.07, 6.45) is -3.95. The summed E-state index contributed by atoms with van der Waals surface area (Å²) in [6.45, 7) is 4.64. The molecule has 0 atom stereocenters. The van der Waals surface area contributed by atoms with Crippen molar-refractivity contribution in [2.75, 3.05) is 11.6 Å². The lowest BCUT2D eigenvalue weighted by Crippen LogP contribution is -2.29. The number of carbonyl (C=O) groups is 1. The van der Waals surface area contributed by atoms with Crippen molar-refractivity contribution in [2.45, 2.75) is 31.8 Å². The maximum Gasteiger partial charge on any atom is 0.416 e. The van der Waals surface area contributed by atoms with Crippen molar-refractivity contribution in [3.05, 3.63) is 33.4 Å². The van der Waals surface area contributed by atoms with E-state index in [4.69, 9.17) is 23.2 Å². The van der Waals surface area contributed by atoms with E-state index in [0.29, 0.717) is 12.1 Å². The molecule has 0 spiro atoms. The van der Waals surface area contributed by atoms with E-state index in [-0.39, 0.29) is 5.69 Å². The Balaban J connectivity index is 2.90. The van der Waals surface area contributed by atoms with E-state index in [1.807, 2.05) is 0 Å². The van der Waals surface area contributed by atoms with Gasteiger partial charge in [-0.05, 0) is 12.1 Å². The molecular weight excluding hydrogens is 468 g/mol. The highest BCUT2D eigenvalue weighted by Crippen LogP contribution is 2.40. The van der Waals surface area contributed by atoms with Crippen LogP contribution in [0.4, 0.5) is 19.0 Å². The largest absolute Gasteiger partial charge is 0.416 e. The highest BCUT2D eigenvalue weighted by molar-refractivity contribution is 7.91. The monoisotopic (exact) mass is 482 g/mol. The molecule has 1 aromatic carbocycles. The van der Waals surface area contributed by atoms with Gasteiger partial charge < -0.3 is 5.32 Å². The average molecular weight is 483 g/mol. The molecule has 1 aromatic heterocycles. The first kappa shape index (κ1) is 24.0. The molecule has 0 fully saturated rings. The predicted octanol–water partition coefficient (Wildman–Crippen LogP) is 4.46. The van der Waals surface area contributed by atoms with E-state index in [1.165, 1.54) is 0 Å². The van der Waals surface area contributed by atoms with Crippen molar-refractivity contribution in [1.82, 2.24) is 9.78 Å². The smallest absolute Gasteiger partial charge is 0.309 e. The lowest BCUT2D eigenvalue weighted by molar-refractivity contribution is -0.137. The van der Waals surface area contributed by atoms with Crippen LogP contribution in [0.1, 0.15) is 32.0 Å². The van der Waals surface area contributed by atoms with Crippen LogP contribution in [0.2, 0.25) is 10.0 Å². The van der Waals surface area contributed by atoms with Gasteiger partial charge >= 0.3 is 6.18 Å². The fraction of sp³-hybridized carbons (Fsp3) is 0.353. The lowest BCUT2D eigenvalue weighted by Gasteiger charge is -2.20. The van der Waals surface area contributed by atoms with Gasteiger partial charge in [-0.25, -0.2) is 13.1 Å². The minimum Gasteiger partial charge on any atom is -0.309 e. The quantitative estimate of drug-likeness (QED) is 0.695. The molecule has 0 saturated carbocycles. The van der Waals surface area contributed by atoms with Gasteiger partial charge in [-0.3, -0.25) is 4.79 Å². The van der Waals surface area contributed by atoms with Gasteiger partial charge in [0.1, 0.15) is 16.7 Å². The standard InChI is InChI=1S/C17H15Cl2F3N4O3S/c1-16(2,3)15(27)24-14-13(30(4,28)29)11(7-23)25-26(14)12-9(18)5-8(6-10(12)19)17(20,21)22/h5-6H,1-4H3,(H,24,27). The first-order chi connectivity index (χ1) is 13.5. The predicted molar refractivity (Wildman–Crippen MR) is 104 cm³/mol. The fourth-order valence-electron chi connectivity index (χ4n) is 2.33. The van der Waals surface area contributed by atoms with Crippen molar-refractivity contribution >= 4 is 44.8 Å². The third-order valence-electron chi connectivity index (χ3n) is 3.79. The zero-order valence-electron chi connectivity index (χ0n) is 16.0. The molecule has 1 amide bonds. The second-order valence-electron chi connectivity index (χ2n) is 7.31. The Hall–Kier alpha value is -2.29. The molecule has 30 heavy (non-hydrogen) atoms. The number of halogens is 5. The van der Waals surface area contributed by atoms with Crippen molar-refractivity contribution in [3.8, 4) is 11.8 Å². The summed E-state index contributed by atoms with van der Waals surface area (Å²) in [5.41, 5.74) is -3.04. The van der Waals surface area contributed by atoms with Crippen molar-refractivity contribution in [1.29, 1.82) is 5.26 Å². The average Bonchev–Trinajstić information content (AvgIpc) is 2.90. The minimum absolute atomic E-state index is 0.332. The van der Waals surface area contributed by atoms with Crippen LogP contribution in [0.3, 0.4) is 0 Å². The molecular formula is C17H15Cl2F3N4O3S. The van der Waals surface area contributed by atoms with Crippen molar-refractivity contribution in [2.24, 2.45) is 5.41 Å². The first-order valence-corrected chi connectivity index (χ1v) is 10.7. The molecule has 0 saturated heterocycles. The maximum absolute atomic E-state index is 13.0.